The van der Waals surface area contributed by atoms with Crippen LogP contribution in [-0.2, 0) is 11.2 Å². The molecule has 3 heterocycles. The van der Waals surface area contributed by atoms with Crippen molar-refractivity contribution < 1.29 is 28.2 Å². The number of aryl methyl sites for hydroxylation is 1. The average Bonchev–Trinajstić information content (AvgIpc) is 3.20. The number of nitrogens with zero attached hydrogens (tertiary/aromatic N) is 3. The van der Waals surface area contributed by atoms with Crippen molar-refractivity contribution in [2.24, 2.45) is 11.5 Å². The number of benzene rings is 1. The topological polar surface area (TPSA) is 172 Å². The van der Waals surface area contributed by atoms with E-state index in [2.05, 4.69) is 20.3 Å². The Balaban J connectivity index is 1.43. The molecular weight excluding hydrogens is 503 g/mol. The van der Waals surface area contributed by atoms with E-state index in [1.54, 1.807) is 6.07 Å². The lowest BCUT2D eigenvalue weighted by Gasteiger charge is -2.09. The van der Waals surface area contributed by atoms with Gasteiger partial charge in [-0.25, -0.2) is 24.1 Å². The molecule has 5 N–H and O–H groups in total. The van der Waals surface area contributed by atoms with E-state index >= 15 is 0 Å². The van der Waals surface area contributed by atoms with Gasteiger partial charge in [0.05, 0.1) is 12.1 Å². The average molecular weight is 523 g/mol. The van der Waals surface area contributed by atoms with Gasteiger partial charge in [-0.3, -0.25) is 9.59 Å². The summed E-state index contributed by atoms with van der Waals surface area (Å²) >= 11 is 1.24. The smallest absolute Gasteiger partial charge is 0.411 e. The van der Waals surface area contributed by atoms with Crippen molar-refractivity contribution in [3.05, 3.63) is 76.7 Å². The summed E-state index contributed by atoms with van der Waals surface area (Å²) in [6.07, 6.45) is 1.70. The van der Waals surface area contributed by atoms with Gasteiger partial charge in [0, 0.05) is 28.9 Å². The molecular formula is C24H19FN6O5S. The fraction of sp³-hybridized carbons (Fsp3) is 0.0833. The van der Waals surface area contributed by atoms with E-state index < -0.39 is 23.7 Å². The normalized spacial score (nSPS) is 10.5. The summed E-state index contributed by atoms with van der Waals surface area (Å²) in [6.45, 7) is 1.82. The summed E-state index contributed by atoms with van der Waals surface area (Å²) in [5.74, 6) is -2.21. The second kappa shape index (κ2) is 10.8. The van der Waals surface area contributed by atoms with Crippen LogP contribution in [0, 0.1) is 12.7 Å². The van der Waals surface area contributed by atoms with Crippen LogP contribution < -0.4 is 26.3 Å². The molecule has 11 nitrogen and oxygen atoms in total. The highest BCUT2D eigenvalue weighted by molar-refractivity contribution is 7.16. The van der Waals surface area contributed by atoms with Gasteiger partial charge in [0.15, 0.2) is 16.7 Å². The van der Waals surface area contributed by atoms with E-state index in [0.717, 1.165) is 10.9 Å². The van der Waals surface area contributed by atoms with Crippen LogP contribution in [0.25, 0.3) is 11.3 Å². The van der Waals surface area contributed by atoms with Gasteiger partial charge in [0.2, 0.25) is 17.7 Å². The summed E-state index contributed by atoms with van der Waals surface area (Å²) < 4.78 is 24.8. The molecule has 0 atom stereocenters. The number of hydrogen-bond donors (Lipinski definition) is 3. The number of halogens is 1. The number of carbonyl (C=O) groups excluding carboxylic acids is 3. The summed E-state index contributed by atoms with van der Waals surface area (Å²) in [6, 6.07) is 10.1. The maximum absolute atomic E-state index is 14.6. The molecule has 3 aromatic heterocycles. The van der Waals surface area contributed by atoms with E-state index in [4.69, 9.17) is 20.9 Å². The van der Waals surface area contributed by atoms with E-state index in [0.29, 0.717) is 22.0 Å². The number of carbonyl (C=O) groups is 3. The minimum atomic E-state index is -0.990. The molecule has 37 heavy (non-hydrogen) atoms. The third-order valence-corrected chi connectivity index (χ3v) is 5.75. The van der Waals surface area contributed by atoms with Crippen LogP contribution in [0.3, 0.4) is 0 Å². The number of aromatic nitrogens is 3. The molecule has 1 aromatic carbocycles. The van der Waals surface area contributed by atoms with Crippen molar-refractivity contribution in [1.29, 1.82) is 0 Å². The quantitative estimate of drug-likeness (QED) is 0.315. The summed E-state index contributed by atoms with van der Waals surface area (Å²) in [5, 5.41) is 3.03. The maximum atomic E-state index is 14.6. The second-order valence-corrected chi connectivity index (χ2v) is 8.74. The SMILES string of the molecule is Cc1sc(NC(=O)Cc2ccc(Oc3ncccc3C(N)=O)c(F)c2)nc1-c1ccnc(OC(N)=O)c1. The minimum absolute atomic E-state index is 0.00634. The molecule has 188 valence electrons. The molecule has 0 unspecified atom stereocenters. The second-order valence-electron chi connectivity index (χ2n) is 7.54. The standard InChI is InChI=1S/C24H19FN6O5S/c1-12-20(14-6-8-28-19(11-14)36-23(27)34)31-24(37-12)30-18(32)10-13-4-5-17(16(25)9-13)35-22-15(21(26)33)3-2-7-29-22/h2-9,11H,10H2,1H3,(H2,26,33)(H2,27,34)(H,30,31,32). The number of ether oxygens (including phenoxy) is 2. The fourth-order valence-electron chi connectivity index (χ4n) is 3.28. The molecule has 0 saturated carbocycles. The van der Waals surface area contributed by atoms with Gasteiger partial charge in [-0.05, 0) is 42.8 Å². The molecule has 0 saturated heterocycles. The van der Waals surface area contributed by atoms with Gasteiger partial charge in [-0.1, -0.05) is 6.07 Å². The molecule has 3 amide bonds. The molecule has 0 radical (unpaired) electrons. The van der Waals surface area contributed by atoms with E-state index in [9.17, 15) is 18.8 Å². The van der Waals surface area contributed by atoms with Crippen molar-refractivity contribution in [1.82, 2.24) is 15.0 Å². The van der Waals surface area contributed by atoms with Crippen molar-refractivity contribution in [2.45, 2.75) is 13.3 Å². The van der Waals surface area contributed by atoms with Crippen molar-refractivity contribution in [3.63, 3.8) is 0 Å². The van der Waals surface area contributed by atoms with Gasteiger partial charge < -0.3 is 26.3 Å². The Morgan fingerprint density at radius 3 is 2.62 bits per heavy atom. The molecule has 4 aromatic rings. The Morgan fingerprint density at radius 2 is 1.89 bits per heavy atom. The molecule has 0 aliphatic heterocycles. The Morgan fingerprint density at radius 1 is 1.08 bits per heavy atom. The number of primary amides is 2. The predicted molar refractivity (Wildman–Crippen MR) is 132 cm³/mol. The minimum Gasteiger partial charge on any atom is -0.435 e. The first-order valence-corrected chi connectivity index (χ1v) is 11.4. The van der Waals surface area contributed by atoms with Crippen LogP contribution >= 0.6 is 11.3 Å². The number of amides is 3. The lowest BCUT2D eigenvalue weighted by molar-refractivity contribution is -0.115. The zero-order chi connectivity index (χ0) is 26.5. The third kappa shape index (κ3) is 6.21. The van der Waals surface area contributed by atoms with Crippen LogP contribution in [0.1, 0.15) is 20.8 Å². The fourth-order valence-corrected chi connectivity index (χ4v) is 4.14. The zero-order valence-electron chi connectivity index (χ0n) is 19.2. The van der Waals surface area contributed by atoms with Crippen molar-refractivity contribution >= 4 is 34.4 Å². The van der Waals surface area contributed by atoms with Gasteiger partial charge in [-0.2, -0.15) is 0 Å². The Hall–Kier alpha value is -4.91. The number of pyridine rings is 2. The Bertz CT molecular complexity index is 1510. The monoisotopic (exact) mass is 522 g/mol. The van der Waals surface area contributed by atoms with Crippen LogP contribution in [0.4, 0.5) is 14.3 Å². The predicted octanol–water partition coefficient (Wildman–Crippen LogP) is 3.58. The summed E-state index contributed by atoms with van der Waals surface area (Å²) in [7, 11) is 0. The lowest BCUT2D eigenvalue weighted by atomic mass is 10.1. The molecule has 13 heteroatoms. The first kappa shape index (κ1) is 25.2. The molecule has 0 aliphatic rings. The maximum Gasteiger partial charge on any atom is 0.411 e. The Kier molecular flexibility index (Phi) is 7.34. The van der Waals surface area contributed by atoms with Gasteiger partial charge in [-0.15, -0.1) is 11.3 Å². The molecule has 0 fully saturated rings. The highest BCUT2D eigenvalue weighted by Crippen LogP contribution is 2.32. The number of rotatable bonds is 8. The molecule has 0 spiro atoms. The van der Waals surface area contributed by atoms with Crippen LogP contribution in [0.2, 0.25) is 0 Å². The van der Waals surface area contributed by atoms with Crippen molar-refractivity contribution in [2.75, 3.05) is 5.32 Å². The zero-order valence-corrected chi connectivity index (χ0v) is 20.0. The highest BCUT2D eigenvalue weighted by atomic mass is 32.1. The Labute approximate surface area is 213 Å². The first-order chi connectivity index (χ1) is 17.7. The third-order valence-electron chi connectivity index (χ3n) is 4.86. The van der Waals surface area contributed by atoms with Crippen LogP contribution in [0.5, 0.6) is 17.5 Å². The number of hydrogen-bond acceptors (Lipinski definition) is 9. The first-order valence-electron chi connectivity index (χ1n) is 10.6. The largest absolute Gasteiger partial charge is 0.435 e. The van der Waals surface area contributed by atoms with Crippen LogP contribution in [0.15, 0.2) is 54.9 Å². The number of nitrogens with two attached hydrogens (primary N) is 2. The van der Waals surface area contributed by atoms with E-state index in [1.165, 1.54) is 54.1 Å². The number of nitrogens with one attached hydrogen (secondary N) is 1. The molecule has 4 rings (SSSR count). The van der Waals surface area contributed by atoms with E-state index in [-0.39, 0.29) is 29.5 Å². The molecule has 0 aliphatic carbocycles. The van der Waals surface area contributed by atoms with Gasteiger partial charge in [0.25, 0.3) is 5.91 Å². The number of anilines is 1. The van der Waals surface area contributed by atoms with E-state index in [1.807, 2.05) is 6.92 Å². The number of thiazole rings is 1. The highest BCUT2D eigenvalue weighted by Gasteiger charge is 2.16. The van der Waals surface area contributed by atoms with Gasteiger partial charge in [0.1, 0.15) is 5.56 Å². The van der Waals surface area contributed by atoms with Crippen LogP contribution in [-0.4, -0.2) is 32.9 Å². The lowest BCUT2D eigenvalue weighted by Crippen LogP contribution is -2.16. The van der Waals surface area contributed by atoms with Crippen molar-refractivity contribution in [3.8, 4) is 28.8 Å². The van der Waals surface area contributed by atoms with Gasteiger partial charge >= 0.3 is 6.09 Å². The summed E-state index contributed by atoms with van der Waals surface area (Å²) in [4.78, 5) is 48.1. The molecule has 0 bridgehead atoms. The summed E-state index contributed by atoms with van der Waals surface area (Å²) in [5.41, 5.74) is 11.9.